The van der Waals surface area contributed by atoms with Gasteiger partial charge in [0, 0.05) is 6.54 Å². The molecule has 96 valence electrons. The number of amidine groups is 1. The molecule has 5 nitrogen and oxygen atoms in total. The van der Waals surface area contributed by atoms with Crippen LogP contribution in [0.3, 0.4) is 0 Å². The van der Waals surface area contributed by atoms with E-state index in [0.717, 1.165) is 25.3 Å². The Morgan fingerprint density at radius 1 is 1.53 bits per heavy atom. The maximum absolute atomic E-state index is 12.2. The number of nitrogens with zero attached hydrogens (tertiary/aromatic N) is 1. The van der Waals surface area contributed by atoms with Crippen molar-refractivity contribution < 1.29 is 10.0 Å². The fraction of sp³-hybridized carbons (Fsp3) is 0.833. The molecule has 0 spiro atoms. The van der Waals surface area contributed by atoms with Crippen LogP contribution in [-0.2, 0) is 4.79 Å². The van der Waals surface area contributed by atoms with E-state index < -0.39 is 5.41 Å². The van der Waals surface area contributed by atoms with Gasteiger partial charge in [0.2, 0.25) is 5.91 Å². The minimum atomic E-state index is -0.757. The van der Waals surface area contributed by atoms with Crippen LogP contribution in [0.5, 0.6) is 0 Å². The van der Waals surface area contributed by atoms with Gasteiger partial charge in [-0.15, -0.1) is 0 Å². The van der Waals surface area contributed by atoms with Crippen molar-refractivity contribution in [1.82, 2.24) is 5.32 Å². The number of nitrogens with two attached hydrogens (primary N) is 1. The molecule has 1 amide bonds. The summed E-state index contributed by atoms with van der Waals surface area (Å²) in [5.74, 6) is 1.34. The summed E-state index contributed by atoms with van der Waals surface area (Å²) < 4.78 is 0. The van der Waals surface area contributed by atoms with E-state index in [0.29, 0.717) is 18.8 Å². The summed E-state index contributed by atoms with van der Waals surface area (Å²) in [6.07, 6.45) is 4.49. The Kier molecular flexibility index (Phi) is 3.26. The normalized spacial score (nSPS) is 31.2. The van der Waals surface area contributed by atoms with Gasteiger partial charge in [0.1, 0.15) is 5.41 Å². The van der Waals surface area contributed by atoms with Crippen LogP contribution >= 0.6 is 0 Å². The number of carbonyl (C=O) groups excluding carboxylic acids is 1. The fourth-order valence-corrected chi connectivity index (χ4v) is 2.75. The average Bonchev–Trinajstić information content (AvgIpc) is 2.84. The van der Waals surface area contributed by atoms with Gasteiger partial charge in [0.05, 0.1) is 0 Å². The summed E-state index contributed by atoms with van der Waals surface area (Å²) >= 11 is 0. The number of rotatable bonds is 4. The van der Waals surface area contributed by atoms with Crippen LogP contribution in [0.4, 0.5) is 0 Å². The van der Waals surface area contributed by atoms with Crippen molar-refractivity contribution in [3.63, 3.8) is 0 Å². The van der Waals surface area contributed by atoms with Crippen molar-refractivity contribution in [2.75, 3.05) is 6.54 Å². The van der Waals surface area contributed by atoms with Crippen molar-refractivity contribution in [3.05, 3.63) is 0 Å². The summed E-state index contributed by atoms with van der Waals surface area (Å²) in [4.78, 5) is 12.2. The van der Waals surface area contributed by atoms with Crippen LogP contribution < -0.4 is 11.1 Å². The number of nitrogens with one attached hydrogen (secondary N) is 1. The Bertz CT molecular complexity index is 335. The monoisotopic (exact) mass is 239 g/mol. The first-order valence-corrected chi connectivity index (χ1v) is 6.36. The van der Waals surface area contributed by atoms with Crippen molar-refractivity contribution in [2.24, 2.45) is 28.1 Å². The third-order valence-corrected chi connectivity index (χ3v) is 4.29. The first-order chi connectivity index (χ1) is 8.10. The summed E-state index contributed by atoms with van der Waals surface area (Å²) in [6.45, 7) is 2.91. The van der Waals surface area contributed by atoms with E-state index in [4.69, 9.17) is 10.9 Å². The van der Waals surface area contributed by atoms with Crippen LogP contribution in [0.15, 0.2) is 5.16 Å². The summed E-state index contributed by atoms with van der Waals surface area (Å²) in [5, 5.41) is 14.8. The van der Waals surface area contributed by atoms with Gasteiger partial charge in [-0.05, 0) is 31.1 Å². The maximum Gasteiger partial charge on any atom is 0.233 e. The lowest BCUT2D eigenvalue weighted by Crippen LogP contribution is -2.48. The lowest BCUT2D eigenvalue weighted by Gasteiger charge is -2.25. The molecule has 2 unspecified atom stereocenters. The molecule has 2 aliphatic rings. The molecule has 0 aromatic heterocycles. The smallest absolute Gasteiger partial charge is 0.233 e. The second-order valence-electron chi connectivity index (χ2n) is 5.46. The minimum Gasteiger partial charge on any atom is -0.409 e. The molecular weight excluding hydrogens is 218 g/mol. The highest BCUT2D eigenvalue weighted by molar-refractivity contribution is 6.07. The molecule has 2 rings (SSSR count). The highest BCUT2D eigenvalue weighted by Gasteiger charge is 2.46. The predicted molar refractivity (Wildman–Crippen MR) is 64.6 cm³/mol. The zero-order valence-electron chi connectivity index (χ0n) is 10.3. The largest absolute Gasteiger partial charge is 0.409 e. The lowest BCUT2D eigenvalue weighted by molar-refractivity contribution is -0.127. The van der Waals surface area contributed by atoms with E-state index in [-0.39, 0.29) is 11.7 Å². The molecule has 0 aromatic rings. The molecule has 5 heteroatoms. The third-order valence-electron chi connectivity index (χ3n) is 4.29. The Labute approximate surface area is 101 Å². The van der Waals surface area contributed by atoms with Gasteiger partial charge in [-0.2, -0.15) is 0 Å². The number of hydrogen-bond acceptors (Lipinski definition) is 3. The molecule has 2 atom stereocenters. The predicted octanol–water partition coefficient (Wildman–Crippen LogP) is 1.07. The Balaban J connectivity index is 1.98. The van der Waals surface area contributed by atoms with Gasteiger partial charge >= 0.3 is 0 Å². The molecule has 2 aliphatic carbocycles. The van der Waals surface area contributed by atoms with Crippen molar-refractivity contribution in [3.8, 4) is 0 Å². The quantitative estimate of drug-likeness (QED) is 0.297. The molecule has 17 heavy (non-hydrogen) atoms. The first-order valence-electron chi connectivity index (χ1n) is 6.36. The van der Waals surface area contributed by atoms with E-state index in [1.807, 2.05) is 0 Å². The zero-order chi connectivity index (χ0) is 12.5. The zero-order valence-corrected chi connectivity index (χ0v) is 10.3. The van der Waals surface area contributed by atoms with E-state index >= 15 is 0 Å². The maximum atomic E-state index is 12.2. The topological polar surface area (TPSA) is 87.7 Å². The first kappa shape index (κ1) is 12.2. The van der Waals surface area contributed by atoms with E-state index in [9.17, 15) is 4.79 Å². The van der Waals surface area contributed by atoms with Crippen molar-refractivity contribution in [1.29, 1.82) is 0 Å². The number of hydrogen-bond donors (Lipinski definition) is 3. The van der Waals surface area contributed by atoms with Gasteiger partial charge < -0.3 is 16.3 Å². The van der Waals surface area contributed by atoms with Gasteiger partial charge in [-0.3, -0.25) is 4.79 Å². The summed E-state index contributed by atoms with van der Waals surface area (Å²) in [7, 11) is 0. The molecule has 0 aliphatic heterocycles. The standard InChI is InChI=1S/C12H21N3O2/c1-8-6-9(8)7-14-11(16)12(10(13)15-17)4-2-3-5-12/h8-9,17H,2-7H2,1H3,(H2,13,15)(H,14,16). The molecule has 2 fully saturated rings. The van der Waals surface area contributed by atoms with E-state index in [1.165, 1.54) is 6.42 Å². The van der Waals surface area contributed by atoms with Gasteiger partial charge in [0.25, 0.3) is 0 Å². The van der Waals surface area contributed by atoms with Crippen molar-refractivity contribution in [2.45, 2.75) is 39.0 Å². The number of amides is 1. The van der Waals surface area contributed by atoms with Crippen LogP contribution in [0.1, 0.15) is 39.0 Å². The van der Waals surface area contributed by atoms with Crippen LogP contribution in [0.25, 0.3) is 0 Å². The van der Waals surface area contributed by atoms with Crippen molar-refractivity contribution >= 4 is 11.7 Å². The third kappa shape index (κ3) is 2.23. The van der Waals surface area contributed by atoms with Gasteiger partial charge in [-0.25, -0.2) is 0 Å². The van der Waals surface area contributed by atoms with Gasteiger partial charge in [-0.1, -0.05) is 24.9 Å². The van der Waals surface area contributed by atoms with Gasteiger partial charge in [0.15, 0.2) is 5.84 Å². The minimum absolute atomic E-state index is 0.0654. The molecule has 0 aromatic carbocycles. The summed E-state index contributed by atoms with van der Waals surface area (Å²) in [6, 6.07) is 0. The Hall–Kier alpha value is -1.26. The molecule has 0 saturated heterocycles. The number of oxime groups is 1. The Morgan fingerprint density at radius 2 is 2.12 bits per heavy atom. The highest BCUT2D eigenvalue weighted by Crippen LogP contribution is 2.40. The SMILES string of the molecule is CC1CC1CNC(=O)C1(C(N)=NO)CCCC1. The molecular formula is C12H21N3O2. The fourth-order valence-electron chi connectivity index (χ4n) is 2.75. The van der Waals surface area contributed by atoms with Crippen LogP contribution in [0.2, 0.25) is 0 Å². The molecule has 4 N–H and O–H groups in total. The lowest BCUT2D eigenvalue weighted by atomic mass is 9.83. The highest BCUT2D eigenvalue weighted by atomic mass is 16.4. The molecule has 0 heterocycles. The second kappa shape index (κ2) is 4.55. The Morgan fingerprint density at radius 3 is 2.59 bits per heavy atom. The van der Waals surface area contributed by atoms with Crippen LogP contribution in [0, 0.1) is 17.3 Å². The summed E-state index contributed by atoms with van der Waals surface area (Å²) in [5.41, 5.74) is 4.95. The van der Waals surface area contributed by atoms with E-state index in [1.54, 1.807) is 0 Å². The molecule has 0 bridgehead atoms. The molecule has 0 radical (unpaired) electrons. The van der Waals surface area contributed by atoms with Crippen LogP contribution in [-0.4, -0.2) is 23.5 Å². The van der Waals surface area contributed by atoms with E-state index in [2.05, 4.69) is 17.4 Å². The second-order valence-corrected chi connectivity index (χ2v) is 5.46. The average molecular weight is 239 g/mol. The molecule has 2 saturated carbocycles. The number of carbonyl (C=O) groups is 1.